The van der Waals surface area contributed by atoms with E-state index in [2.05, 4.69) is 26.0 Å². The molecule has 0 aliphatic rings. The quantitative estimate of drug-likeness (QED) is 0.401. The van der Waals surface area contributed by atoms with Crippen molar-refractivity contribution < 1.29 is 22.7 Å². The summed E-state index contributed by atoms with van der Waals surface area (Å²) in [5.74, 6) is -0.473. The highest BCUT2D eigenvalue weighted by Crippen LogP contribution is 2.21. The smallest absolute Gasteiger partial charge is 0.262 e. The number of nitrogens with one attached hydrogen (secondary N) is 2. The molecule has 0 fully saturated rings. The number of carbonyl (C=O) groups is 2. The normalized spacial score (nSPS) is 10.9. The van der Waals surface area contributed by atoms with E-state index in [1.165, 1.54) is 24.3 Å². The molecule has 4 N–H and O–H groups in total. The molecule has 0 heterocycles. The van der Waals surface area contributed by atoms with Crippen molar-refractivity contribution in [3.8, 4) is 5.75 Å². The highest BCUT2D eigenvalue weighted by Gasteiger charge is 2.14. The van der Waals surface area contributed by atoms with Gasteiger partial charge in [-0.3, -0.25) is 14.3 Å². The zero-order chi connectivity index (χ0) is 23.1. The average molecular weight is 518 g/mol. The Kier molecular flexibility index (Phi) is 7.49. The fourth-order valence-electron chi connectivity index (χ4n) is 2.70. The van der Waals surface area contributed by atoms with Crippen LogP contribution in [-0.4, -0.2) is 26.8 Å². The van der Waals surface area contributed by atoms with Crippen LogP contribution in [0.4, 0.5) is 11.4 Å². The average Bonchev–Trinajstić information content (AvgIpc) is 2.75. The summed E-state index contributed by atoms with van der Waals surface area (Å²) in [6, 6.07) is 19.2. The fourth-order valence-corrected chi connectivity index (χ4v) is 4.02. The Labute approximate surface area is 194 Å². The van der Waals surface area contributed by atoms with Gasteiger partial charge >= 0.3 is 0 Å². The summed E-state index contributed by atoms with van der Waals surface area (Å²) in [5.41, 5.74) is 6.88. The van der Waals surface area contributed by atoms with Crippen molar-refractivity contribution in [3.05, 3.63) is 82.8 Å². The van der Waals surface area contributed by atoms with Crippen LogP contribution in [0.3, 0.4) is 0 Å². The number of carbonyl (C=O) groups excluding carboxylic acids is 2. The van der Waals surface area contributed by atoms with Crippen molar-refractivity contribution in [2.24, 2.45) is 5.73 Å². The topological polar surface area (TPSA) is 128 Å². The summed E-state index contributed by atoms with van der Waals surface area (Å²) >= 11 is 3.30. The van der Waals surface area contributed by atoms with Crippen LogP contribution in [0.1, 0.15) is 5.56 Å². The maximum Gasteiger partial charge on any atom is 0.262 e. The van der Waals surface area contributed by atoms with Crippen molar-refractivity contribution in [1.82, 2.24) is 0 Å². The Morgan fingerprint density at radius 1 is 0.875 bits per heavy atom. The Hall–Kier alpha value is -3.37. The minimum absolute atomic E-state index is 0.0632. The van der Waals surface area contributed by atoms with E-state index in [0.717, 1.165) is 10.0 Å². The Balaban J connectivity index is 1.53. The molecule has 3 aromatic rings. The highest BCUT2D eigenvalue weighted by atomic mass is 79.9. The molecule has 166 valence electrons. The van der Waals surface area contributed by atoms with Crippen LogP contribution >= 0.6 is 15.9 Å². The van der Waals surface area contributed by atoms with Crippen LogP contribution < -0.4 is 20.5 Å². The lowest BCUT2D eigenvalue weighted by atomic mass is 10.1. The third-order valence-corrected chi connectivity index (χ3v) is 6.14. The van der Waals surface area contributed by atoms with Crippen LogP contribution in [0.25, 0.3) is 0 Å². The minimum atomic E-state index is -3.76. The third-order valence-electron chi connectivity index (χ3n) is 4.22. The number of amides is 2. The summed E-state index contributed by atoms with van der Waals surface area (Å²) in [4.78, 5) is 23.1. The molecule has 0 unspecified atom stereocenters. The predicted molar refractivity (Wildman–Crippen MR) is 125 cm³/mol. The molecule has 0 bridgehead atoms. The zero-order valence-corrected chi connectivity index (χ0v) is 19.1. The number of halogens is 1. The number of rotatable bonds is 9. The van der Waals surface area contributed by atoms with E-state index >= 15 is 0 Å². The number of nitrogens with two attached hydrogens (primary N) is 1. The molecule has 0 radical (unpaired) electrons. The highest BCUT2D eigenvalue weighted by molar-refractivity contribution is 9.10. The molecule has 10 heteroatoms. The SMILES string of the molecule is NC(=O)Cc1ccc(NC(=O)COc2ccc(S(=O)(=O)Nc3ccc(Br)cc3)cc2)cc1. The Bertz CT molecular complexity index is 1200. The zero-order valence-electron chi connectivity index (χ0n) is 16.7. The first-order valence-electron chi connectivity index (χ1n) is 9.40. The number of benzene rings is 3. The van der Waals surface area contributed by atoms with E-state index in [9.17, 15) is 18.0 Å². The molecule has 8 nitrogen and oxygen atoms in total. The molecule has 0 aliphatic heterocycles. The standard InChI is InChI=1S/C22H20BrN3O5S/c23-16-3-7-18(8-4-16)26-32(29,30)20-11-9-19(10-12-20)31-14-22(28)25-17-5-1-15(2-6-17)13-21(24)27/h1-12,26H,13-14H2,(H2,24,27)(H,25,28). The summed E-state index contributed by atoms with van der Waals surface area (Å²) in [7, 11) is -3.76. The van der Waals surface area contributed by atoms with E-state index in [-0.39, 0.29) is 23.8 Å². The van der Waals surface area contributed by atoms with Gasteiger partial charge < -0.3 is 15.8 Å². The molecule has 0 saturated heterocycles. The molecular weight excluding hydrogens is 498 g/mol. The van der Waals surface area contributed by atoms with Crippen LogP contribution in [-0.2, 0) is 26.0 Å². The first-order chi connectivity index (χ1) is 15.2. The molecule has 0 aliphatic carbocycles. The van der Waals surface area contributed by atoms with E-state index < -0.39 is 15.9 Å². The molecule has 2 amide bonds. The van der Waals surface area contributed by atoms with Gasteiger partial charge in [0.2, 0.25) is 5.91 Å². The lowest BCUT2D eigenvalue weighted by Gasteiger charge is -2.10. The fraction of sp³-hybridized carbons (Fsp3) is 0.0909. The van der Waals surface area contributed by atoms with Crippen molar-refractivity contribution in [3.63, 3.8) is 0 Å². The second-order valence-electron chi connectivity index (χ2n) is 6.76. The van der Waals surface area contributed by atoms with Crippen molar-refractivity contribution in [2.45, 2.75) is 11.3 Å². The summed E-state index contributed by atoms with van der Waals surface area (Å²) in [6.07, 6.45) is 0.127. The van der Waals surface area contributed by atoms with Crippen LogP contribution in [0.5, 0.6) is 5.75 Å². The van der Waals surface area contributed by atoms with E-state index in [1.54, 1.807) is 48.5 Å². The van der Waals surface area contributed by atoms with Gasteiger partial charge in [0.1, 0.15) is 5.75 Å². The largest absolute Gasteiger partial charge is 0.484 e. The molecule has 0 atom stereocenters. The van der Waals surface area contributed by atoms with Crippen molar-refractivity contribution >= 4 is 49.1 Å². The van der Waals surface area contributed by atoms with Crippen LogP contribution in [0.2, 0.25) is 0 Å². The van der Waals surface area contributed by atoms with Gasteiger partial charge in [-0.15, -0.1) is 0 Å². The summed E-state index contributed by atoms with van der Waals surface area (Å²) < 4.78 is 33.7. The Morgan fingerprint density at radius 2 is 1.47 bits per heavy atom. The predicted octanol–water partition coefficient (Wildman–Crippen LogP) is 3.30. The maximum atomic E-state index is 12.5. The summed E-state index contributed by atoms with van der Waals surface area (Å²) in [5, 5.41) is 2.67. The molecule has 32 heavy (non-hydrogen) atoms. The number of sulfonamides is 1. The first-order valence-corrected chi connectivity index (χ1v) is 11.7. The number of hydrogen-bond donors (Lipinski definition) is 3. The molecule has 0 spiro atoms. The number of primary amides is 1. The van der Waals surface area contributed by atoms with Gasteiger partial charge in [0.25, 0.3) is 15.9 Å². The molecule has 3 rings (SSSR count). The van der Waals surface area contributed by atoms with E-state index in [1.807, 2.05) is 0 Å². The van der Waals surface area contributed by atoms with E-state index in [4.69, 9.17) is 10.5 Å². The first kappa shape index (κ1) is 23.3. The van der Waals surface area contributed by atoms with Gasteiger partial charge in [0.05, 0.1) is 11.3 Å². The van der Waals surface area contributed by atoms with Gasteiger partial charge in [0, 0.05) is 15.8 Å². The van der Waals surface area contributed by atoms with Gasteiger partial charge in [-0.25, -0.2) is 8.42 Å². The molecule has 0 saturated carbocycles. The second-order valence-corrected chi connectivity index (χ2v) is 9.36. The van der Waals surface area contributed by atoms with Crippen LogP contribution in [0, 0.1) is 0 Å². The maximum absolute atomic E-state index is 12.5. The molecule has 0 aromatic heterocycles. The number of hydrogen-bond acceptors (Lipinski definition) is 5. The van der Waals surface area contributed by atoms with E-state index in [0.29, 0.717) is 17.1 Å². The third kappa shape index (κ3) is 6.82. The number of anilines is 2. The molecule has 3 aromatic carbocycles. The lowest BCUT2D eigenvalue weighted by Crippen LogP contribution is -2.20. The van der Waals surface area contributed by atoms with Gasteiger partial charge in [-0.2, -0.15) is 0 Å². The van der Waals surface area contributed by atoms with Gasteiger partial charge in [-0.05, 0) is 66.2 Å². The van der Waals surface area contributed by atoms with Gasteiger partial charge in [0.15, 0.2) is 6.61 Å². The Morgan fingerprint density at radius 3 is 2.06 bits per heavy atom. The minimum Gasteiger partial charge on any atom is -0.484 e. The van der Waals surface area contributed by atoms with Crippen LogP contribution in [0.15, 0.2) is 82.2 Å². The second kappa shape index (κ2) is 10.3. The number of ether oxygens (including phenoxy) is 1. The van der Waals surface area contributed by atoms with Crippen molar-refractivity contribution in [1.29, 1.82) is 0 Å². The van der Waals surface area contributed by atoms with Gasteiger partial charge in [-0.1, -0.05) is 28.1 Å². The molecular formula is C22H20BrN3O5S. The monoisotopic (exact) mass is 517 g/mol. The lowest BCUT2D eigenvalue weighted by molar-refractivity contribution is -0.118. The summed E-state index contributed by atoms with van der Waals surface area (Å²) in [6.45, 7) is -0.258. The van der Waals surface area contributed by atoms with Crippen molar-refractivity contribution in [2.75, 3.05) is 16.6 Å².